The van der Waals surface area contributed by atoms with Gasteiger partial charge in [-0.15, -0.1) is 0 Å². The normalized spacial score (nSPS) is 12.5. The Morgan fingerprint density at radius 1 is 1.35 bits per heavy atom. The maximum atomic E-state index is 5.97. The molecule has 5 heteroatoms. The fourth-order valence-electron chi connectivity index (χ4n) is 1.39. The van der Waals surface area contributed by atoms with E-state index in [0.29, 0.717) is 35.6 Å². The summed E-state index contributed by atoms with van der Waals surface area (Å²) in [6.45, 7) is 3.58. The first-order valence-electron chi connectivity index (χ1n) is 5.57. The molecule has 0 fully saturated rings. The first-order chi connectivity index (χ1) is 8.17. The molecule has 1 aromatic rings. The minimum Gasteiger partial charge on any atom is -0.492 e. The van der Waals surface area contributed by atoms with E-state index in [4.69, 9.17) is 38.4 Å². The quantitative estimate of drug-likeness (QED) is 0.833. The van der Waals surface area contributed by atoms with Crippen LogP contribution in [0.2, 0.25) is 10.0 Å². The third-order valence-corrected chi connectivity index (χ3v) is 2.80. The molecule has 0 spiro atoms. The van der Waals surface area contributed by atoms with Gasteiger partial charge in [0.15, 0.2) is 0 Å². The highest BCUT2D eigenvalue weighted by Gasteiger charge is 2.07. The van der Waals surface area contributed by atoms with E-state index >= 15 is 0 Å². The zero-order valence-corrected chi connectivity index (χ0v) is 11.3. The number of halogens is 2. The van der Waals surface area contributed by atoms with Crippen LogP contribution in [0.1, 0.15) is 13.3 Å². The Labute approximate surface area is 112 Å². The van der Waals surface area contributed by atoms with Crippen molar-refractivity contribution < 1.29 is 9.47 Å². The molecule has 0 bridgehead atoms. The summed E-state index contributed by atoms with van der Waals surface area (Å²) in [5, 5.41) is 1.15. The molecule has 0 aliphatic rings. The lowest BCUT2D eigenvalue weighted by atomic mass is 10.2. The minimum absolute atomic E-state index is 0.0259. The van der Waals surface area contributed by atoms with E-state index in [1.807, 2.05) is 6.92 Å². The van der Waals surface area contributed by atoms with Crippen molar-refractivity contribution in [2.45, 2.75) is 19.4 Å². The average Bonchev–Trinajstić information content (AvgIpc) is 2.32. The summed E-state index contributed by atoms with van der Waals surface area (Å²) >= 11 is 11.8. The number of hydrogen-bond donors (Lipinski definition) is 1. The predicted octanol–water partition coefficient (Wildman–Crippen LogP) is 3.13. The highest BCUT2D eigenvalue weighted by molar-refractivity contribution is 6.34. The Kier molecular flexibility index (Phi) is 6.66. The topological polar surface area (TPSA) is 44.5 Å². The van der Waals surface area contributed by atoms with E-state index < -0.39 is 0 Å². The molecule has 96 valence electrons. The molecule has 2 N–H and O–H groups in total. The lowest BCUT2D eigenvalue weighted by Crippen LogP contribution is -2.25. The molecule has 1 rings (SSSR count). The van der Waals surface area contributed by atoms with Crippen molar-refractivity contribution in [2.24, 2.45) is 5.73 Å². The largest absolute Gasteiger partial charge is 0.492 e. The van der Waals surface area contributed by atoms with E-state index in [-0.39, 0.29) is 6.10 Å². The van der Waals surface area contributed by atoms with Gasteiger partial charge in [-0.1, -0.05) is 23.2 Å². The van der Waals surface area contributed by atoms with Crippen molar-refractivity contribution in [3.8, 4) is 5.75 Å². The second kappa shape index (κ2) is 7.77. The Hall–Kier alpha value is -0.480. The average molecular weight is 278 g/mol. The van der Waals surface area contributed by atoms with Crippen LogP contribution in [-0.2, 0) is 4.74 Å². The van der Waals surface area contributed by atoms with Crippen LogP contribution in [0.3, 0.4) is 0 Å². The molecule has 17 heavy (non-hydrogen) atoms. The summed E-state index contributed by atoms with van der Waals surface area (Å²) < 4.78 is 11.0. The number of rotatable bonds is 7. The highest BCUT2D eigenvalue weighted by Crippen LogP contribution is 2.27. The van der Waals surface area contributed by atoms with Gasteiger partial charge >= 0.3 is 0 Å². The molecule has 3 nitrogen and oxygen atoms in total. The van der Waals surface area contributed by atoms with Crippen LogP contribution in [-0.4, -0.2) is 25.9 Å². The summed E-state index contributed by atoms with van der Waals surface area (Å²) in [5.41, 5.74) is 5.56. The third-order valence-electron chi connectivity index (χ3n) is 2.26. The molecule has 0 aliphatic heterocycles. The molecular weight excluding hydrogens is 261 g/mol. The second-order valence-corrected chi connectivity index (χ2v) is 4.37. The summed E-state index contributed by atoms with van der Waals surface area (Å²) in [6.07, 6.45) is 0.755. The van der Waals surface area contributed by atoms with Gasteiger partial charge in [0, 0.05) is 30.7 Å². The van der Waals surface area contributed by atoms with E-state index in [9.17, 15) is 0 Å². The van der Waals surface area contributed by atoms with Crippen LogP contribution in [0.25, 0.3) is 0 Å². The molecule has 0 heterocycles. The third kappa shape index (κ3) is 5.13. The van der Waals surface area contributed by atoms with Crippen LogP contribution in [0.4, 0.5) is 0 Å². The van der Waals surface area contributed by atoms with Crippen molar-refractivity contribution in [3.05, 3.63) is 28.2 Å². The molecular formula is C12H17Cl2NO2. The molecule has 0 amide bonds. The van der Waals surface area contributed by atoms with Crippen LogP contribution < -0.4 is 10.5 Å². The van der Waals surface area contributed by atoms with Crippen LogP contribution in [0.15, 0.2) is 18.2 Å². The minimum atomic E-state index is 0.0259. The maximum absolute atomic E-state index is 5.97. The molecule has 0 aromatic heterocycles. The second-order valence-electron chi connectivity index (χ2n) is 3.52. The van der Waals surface area contributed by atoms with Crippen molar-refractivity contribution >= 4 is 23.2 Å². The zero-order valence-electron chi connectivity index (χ0n) is 9.79. The molecule has 1 unspecified atom stereocenters. The van der Waals surface area contributed by atoms with Gasteiger partial charge in [0.05, 0.1) is 17.7 Å². The summed E-state index contributed by atoms with van der Waals surface area (Å²) in [5.74, 6) is 0.589. The van der Waals surface area contributed by atoms with Gasteiger partial charge < -0.3 is 15.2 Å². The summed E-state index contributed by atoms with van der Waals surface area (Å²) in [4.78, 5) is 0. The van der Waals surface area contributed by atoms with Crippen molar-refractivity contribution in [1.82, 2.24) is 0 Å². The van der Waals surface area contributed by atoms with Crippen molar-refractivity contribution in [3.63, 3.8) is 0 Å². The van der Waals surface area contributed by atoms with Crippen LogP contribution >= 0.6 is 23.2 Å². The molecule has 0 radical (unpaired) electrons. The Balaban J connectivity index is 2.42. The summed E-state index contributed by atoms with van der Waals surface area (Å²) in [6, 6.07) is 5.13. The monoisotopic (exact) mass is 277 g/mol. The van der Waals surface area contributed by atoms with E-state index in [2.05, 4.69) is 0 Å². The Morgan fingerprint density at radius 2 is 2.12 bits per heavy atom. The predicted molar refractivity (Wildman–Crippen MR) is 71.0 cm³/mol. The van der Waals surface area contributed by atoms with Gasteiger partial charge in [0.25, 0.3) is 0 Å². The van der Waals surface area contributed by atoms with Gasteiger partial charge in [-0.3, -0.25) is 0 Å². The Bertz CT molecular complexity index is 347. The number of ether oxygens (including phenoxy) is 2. The van der Waals surface area contributed by atoms with Crippen molar-refractivity contribution in [1.29, 1.82) is 0 Å². The smallest absolute Gasteiger partial charge is 0.139 e. The number of nitrogens with two attached hydrogens (primary N) is 1. The first kappa shape index (κ1) is 14.6. The first-order valence-corrected chi connectivity index (χ1v) is 6.32. The van der Waals surface area contributed by atoms with Gasteiger partial charge in [0.2, 0.25) is 0 Å². The van der Waals surface area contributed by atoms with Crippen molar-refractivity contribution in [2.75, 3.05) is 19.8 Å². The van der Waals surface area contributed by atoms with Crippen LogP contribution in [0, 0.1) is 0 Å². The maximum Gasteiger partial charge on any atom is 0.139 e. The molecule has 0 saturated carbocycles. The fourth-order valence-corrected chi connectivity index (χ4v) is 1.73. The van der Waals surface area contributed by atoms with Crippen LogP contribution in [0.5, 0.6) is 5.75 Å². The lowest BCUT2D eigenvalue weighted by Gasteiger charge is -2.15. The molecule has 1 atom stereocenters. The highest BCUT2D eigenvalue weighted by atomic mass is 35.5. The SMILES string of the molecule is CCOC(CN)CCOc1cc(Cl)ccc1Cl. The van der Waals surface area contributed by atoms with Gasteiger partial charge in [-0.25, -0.2) is 0 Å². The van der Waals surface area contributed by atoms with E-state index in [1.165, 1.54) is 0 Å². The fraction of sp³-hybridized carbons (Fsp3) is 0.500. The number of hydrogen-bond acceptors (Lipinski definition) is 3. The Morgan fingerprint density at radius 3 is 2.76 bits per heavy atom. The lowest BCUT2D eigenvalue weighted by molar-refractivity contribution is 0.0527. The summed E-state index contributed by atoms with van der Waals surface area (Å²) in [7, 11) is 0. The van der Waals surface area contributed by atoms with Gasteiger partial charge in [-0.2, -0.15) is 0 Å². The number of benzene rings is 1. The van der Waals surface area contributed by atoms with Gasteiger partial charge in [0.1, 0.15) is 5.75 Å². The van der Waals surface area contributed by atoms with E-state index in [0.717, 1.165) is 6.42 Å². The zero-order chi connectivity index (χ0) is 12.7. The molecule has 0 saturated heterocycles. The standard InChI is InChI=1S/C12H17Cl2NO2/c1-2-16-10(8-15)5-6-17-12-7-9(13)3-4-11(12)14/h3-4,7,10H,2,5-6,8,15H2,1H3. The van der Waals surface area contributed by atoms with Gasteiger partial charge in [-0.05, 0) is 19.1 Å². The molecule has 0 aliphatic carbocycles. The van der Waals surface area contributed by atoms with E-state index in [1.54, 1.807) is 18.2 Å². The molecule has 1 aromatic carbocycles.